The van der Waals surface area contributed by atoms with Gasteiger partial charge in [0.1, 0.15) is 12.1 Å². The maximum Gasteiger partial charge on any atom is 0.281 e. The van der Waals surface area contributed by atoms with E-state index in [0.29, 0.717) is 18.0 Å². The molecule has 3 heterocycles. The molecular weight excluding hydrogens is 246 g/mol. The third kappa shape index (κ3) is 1.88. The summed E-state index contributed by atoms with van der Waals surface area (Å²) in [6, 6.07) is 0. The molecule has 0 saturated heterocycles. The van der Waals surface area contributed by atoms with E-state index >= 15 is 0 Å². The molecule has 3 rings (SSSR count). The Balaban J connectivity index is 2.12. The van der Waals surface area contributed by atoms with Gasteiger partial charge in [0.15, 0.2) is 11.2 Å². The van der Waals surface area contributed by atoms with E-state index in [1.807, 2.05) is 13.8 Å². The second-order valence-corrected chi connectivity index (χ2v) is 4.21. The van der Waals surface area contributed by atoms with E-state index in [2.05, 4.69) is 20.1 Å². The van der Waals surface area contributed by atoms with E-state index < -0.39 is 0 Å². The van der Waals surface area contributed by atoms with Crippen molar-refractivity contribution in [1.29, 1.82) is 0 Å². The van der Waals surface area contributed by atoms with Gasteiger partial charge >= 0.3 is 0 Å². The lowest BCUT2D eigenvalue weighted by Gasteiger charge is -2.05. The summed E-state index contributed by atoms with van der Waals surface area (Å²) < 4.78 is 6.56. The quantitative estimate of drug-likeness (QED) is 0.676. The summed E-state index contributed by atoms with van der Waals surface area (Å²) >= 11 is 0. The van der Waals surface area contributed by atoms with E-state index in [0.717, 1.165) is 11.3 Å². The molecule has 0 amide bonds. The average Bonchev–Trinajstić information content (AvgIpc) is 2.74. The first-order valence-electron chi connectivity index (χ1n) is 5.74. The molecule has 0 spiro atoms. The number of aromatic nitrogens is 5. The summed E-state index contributed by atoms with van der Waals surface area (Å²) in [5, 5.41) is 3.87. The van der Waals surface area contributed by atoms with Crippen LogP contribution in [0.5, 0.6) is 0 Å². The molecule has 3 aromatic rings. The third-order valence-corrected chi connectivity index (χ3v) is 2.97. The monoisotopic (exact) mass is 257 g/mol. The molecule has 0 aliphatic carbocycles. The van der Waals surface area contributed by atoms with Crippen LogP contribution in [0.25, 0.3) is 11.2 Å². The molecule has 0 unspecified atom stereocenters. The number of fused-ring (bicyclic) bond motifs is 1. The Morgan fingerprint density at radius 2 is 2.00 bits per heavy atom. The van der Waals surface area contributed by atoms with Crippen molar-refractivity contribution < 1.29 is 4.52 Å². The van der Waals surface area contributed by atoms with Gasteiger partial charge in [-0.1, -0.05) is 5.16 Å². The largest absolute Gasteiger partial charge is 0.361 e. The van der Waals surface area contributed by atoms with Crippen LogP contribution in [0, 0.1) is 13.8 Å². The Morgan fingerprint density at radius 3 is 2.74 bits per heavy atom. The van der Waals surface area contributed by atoms with Crippen LogP contribution in [-0.2, 0) is 6.54 Å². The lowest BCUT2D eigenvalue weighted by molar-refractivity contribution is 0.392. The predicted molar refractivity (Wildman–Crippen MR) is 66.7 cm³/mol. The molecule has 0 aliphatic heterocycles. The van der Waals surface area contributed by atoms with Crippen molar-refractivity contribution >= 4 is 11.2 Å². The first-order chi connectivity index (χ1) is 9.16. The summed E-state index contributed by atoms with van der Waals surface area (Å²) in [6.45, 7) is 4.01. The summed E-state index contributed by atoms with van der Waals surface area (Å²) in [5.74, 6) is 0.698. The maximum atomic E-state index is 12.2. The summed E-state index contributed by atoms with van der Waals surface area (Å²) in [7, 11) is 0. The topological polar surface area (TPSA) is 86.7 Å². The molecule has 19 heavy (non-hydrogen) atoms. The normalized spacial score (nSPS) is 11.1. The van der Waals surface area contributed by atoms with Gasteiger partial charge in [0, 0.05) is 18.0 Å². The predicted octanol–water partition coefficient (Wildman–Crippen LogP) is 0.840. The number of nitrogens with zero attached hydrogens (tertiary/aromatic N) is 5. The van der Waals surface area contributed by atoms with Crippen LogP contribution in [0.15, 0.2) is 28.0 Å². The fourth-order valence-electron chi connectivity index (χ4n) is 1.90. The van der Waals surface area contributed by atoms with Gasteiger partial charge < -0.3 is 4.52 Å². The first-order valence-corrected chi connectivity index (χ1v) is 5.74. The van der Waals surface area contributed by atoms with E-state index in [9.17, 15) is 4.79 Å². The zero-order valence-corrected chi connectivity index (χ0v) is 10.5. The van der Waals surface area contributed by atoms with Gasteiger partial charge in [-0.25, -0.2) is 15.0 Å². The lowest BCUT2D eigenvalue weighted by atomic mass is 10.2. The first kappa shape index (κ1) is 11.5. The molecule has 3 aromatic heterocycles. The number of hydrogen-bond donors (Lipinski definition) is 0. The molecule has 0 bridgehead atoms. The molecule has 96 valence electrons. The number of rotatable bonds is 2. The second-order valence-electron chi connectivity index (χ2n) is 4.21. The van der Waals surface area contributed by atoms with Gasteiger partial charge in [-0.15, -0.1) is 0 Å². The highest BCUT2D eigenvalue weighted by molar-refractivity contribution is 5.66. The Hall–Kier alpha value is -2.57. The Morgan fingerprint density at radius 1 is 1.21 bits per heavy atom. The SMILES string of the molecule is Cc1noc(C)c1Cn1cnc2nccnc2c1=O. The highest BCUT2D eigenvalue weighted by atomic mass is 16.5. The Bertz CT molecular complexity index is 786. The molecule has 0 aromatic carbocycles. The molecule has 7 nitrogen and oxygen atoms in total. The molecule has 7 heteroatoms. The van der Waals surface area contributed by atoms with E-state index in [1.54, 1.807) is 0 Å². The Labute approximate surface area is 107 Å². The van der Waals surface area contributed by atoms with Crippen molar-refractivity contribution in [1.82, 2.24) is 24.7 Å². The van der Waals surface area contributed by atoms with E-state index in [1.165, 1.54) is 23.3 Å². The second kappa shape index (κ2) is 4.27. The fourth-order valence-corrected chi connectivity index (χ4v) is 1.90. The molecular formula is C12H11N5O2. The molecule has 0 atom stereocenters. The van der Waals surface area contributed by atoms with Crippen molar-refractivity contribution in [2.45, 2.75) is 20.4 Å². The lowest BCUT2D eigenvalue weighted by Crippen LogP contribution is -2.22. The minimum Gasteiger partial charge on any atom is -0.361 e. The zero-order chi connectivity index (χ0) is 13.4. The minimum atomic E-state index is -0.224. The van der Waals surface area contributed by atoms with Crippen molar-refractivity contribution in [3.8, 4) is 0 Å². The zero-order valence-electron chi connectivity index (χ0n) is 10.5. The van der Waals surface area contributed by atoms with Crippen molar-refractivity contribution in [3.05, 3.63) is 46.1 Å². The molecule has 0 saturated carbocycles. The highest BCUT2D eigenvalue weighted by Crippen LogP contribution is 2.13. The average molecular weight is 257 g/mol. The molecule has 0 radical (unpaired) electrons. The van der Waals surface area contributed by atoms with Gasteiger partial charge in [-0.3, -0.25) is 9.36 Å². The van der Waals surface area contributed by atoms with Gasteiger partial charge in [0.25, 0.3) is 5.56 Å². The van der Waals surface area contributed by atoms with Crippen LogP contribution in [0.4, 0.5) is 0 Å². The number of hydrogen-bond acceptors (Lipinski definition) is 6. The van der Waals surface area contributed by atoms with Crippen LogP contribution >= 0.6 is 0 Å². The van der Waals surface area contributed by atoms with Gasteiger partial charge in [-0.05, 0) is 13.8 Å². The van der Waals surface area contributed by atoms with Crippen molar-refractivity contribution in [3.63, 3.8) is 0 Å². The molecule has 0 fully saturated rings. The van der Waals surface area contributed by atoms with E-state index in [-0.39, 0.29) is 11.1 Å². The maximum absolute atomic E-state index is 12.2. The number of aryl methyl sites for hydroxylation is 2. The van der Waals surface area contributed by atoms with Gasteiger partial charge in [0.2, 0.25) is 0 Å². The van der Waals surface area contributed by atoms with Gasteiger partial charge in [0.05, 0.1) is 12.2 Å². The third-order valence-electron chi connectivity index (χ3n) is 2.97. The Kier molecular flexibility index (Phi) is 2.59. The van der Waals surface area contributed by atoms with Crippen molar-refractivity contribution in [2.24, 2.45) is 0 Å². The van der Waals surface area contributed by atoms with Crippen LogP contribution in [0.2, 0.25) is 0 Å². The standard InChI is InChI=1S/C12H11N5O2/c1-7-9(8(2)19-16-7)5-17-6-15-11-10(12(17)18)13-3-4-14-11/h3-4,6H,5H2,1-2H3. The van der Waals surface area contributed by atoms with Crippen molar-refractivity contribution in [2.75, 3.05) is 0 Å². The van der Waals surface area contributed by atoms with E-state index in [4.69, 9.17) is 4.52 Å². The fraction of sp³-hybridized carbons (Fsp3) is 0.250. The summed E-state index contributed by atoms with van der Waals surface area (Å²) in [4.78, 5) is 24.4. The summed E-state index contributed by atoms with van der Waals surface area (Å²) in [6.07, 6.45) is 4.45. The van der Waals surface area contributed by atoms with Crippen LogP contribution < -0.4 is 5.56 Å². The van der Waals surface area contributed by atoms with Crippen LogP contribution in [-0.4, -0.2) is 24.7 Å². The van der Waals surface area contributed by atoms with Gasteiger partial charge in [-0.2, -0.15) is 0 Å². The molecule has 0 N–H and O–H groups in total. The minimum absolute atomic E-state index is 0.224. The van der Waals surface area contributed by atoms with Crippen LogP contribution in [0.3, 0.4) is 0 Å². The smallest absolute Gasteiger partial charge is 0.281 e. The van der Waals surface area contributed by atoms with Crippen LogP contribution in [0.1, 0.15) is 17.0 Å². The summed E-state index contributed by atoms with van der Waals surface area (Å²) in [5.41, 5.74) is 2.04. The highest BCUT2D eigenvalue weighted by Gasteiger charge is 2.12. The molecule has 0 aliphatic rings.